The van der Waals surface area contributed by atoms with Crippen molar-refractivity contribution in [3.8, 4) is 5.75 Å². The third-order valence-corrected chi connectivity index (χ3v) is 4.22. The monoisotopic (exact) mass is 391 g/mol. The molecule has 2 aromatic carbocycles. The van der Waals surface area contributed by atoms with Gasteiger partial charge in [-0.25, -0.2) is 4.79 Å². The van der Waals surface area contributed by atoms with Crippen LogP contribution in [0.25, 0.3) is 0 Å². The molecular weight excluding hydrogens is 370 g/mol. The summed E-state index contributed by atoms with van der Waals surface area (Å²) >= 11 is 5.53. The van der Waals surface area contributed by atoms with Crippen LogP contribution in [0.5, 0.6) is 5.75 Å². The molecule has 2 unspecified atom stereocenters. The zero-order valence-corrected chi connectivity index (χ0v) is 15.9. The standard InChI is InChI=1S/C20H22ClNO5/c1-13(19(24)14-5-9-18(26-2)10-6-14)27-20(25)15-3-7-16(8-4-15)22-12-17(23)11-21/h3-10,13,17,22-23H,11-12H2,1-2H3. The Labute approximate surface area is 163 Å². The van der Waals surface area contributed by atoms with Crippen molar-refractivity contribution in [2.24, 2.45) is 0 Å². The fourth-order valence-corrected chi connectivity index (χ4v) is 2.40. The number of esters is 1. The highest BCUT2D eigenvalue weighted by Gasteiger charge is 2.20. The van der Waals surface area contributed by atoms with Crippen LogP contribution >= 0.6 is 11.6 Å². The van der Waals surface area contributed by atoms with E-state index in [9.17, 15) is 14.7 Å². The van der Waals surface area contributed by atoms with Gasteiger partial charge in [-0.2, -0.15) is 0 Å². The van der Waals surface area contributed by atoms with Gasteiger partial charge in [-0.15, -0.1) is 11.6 Å². The molecule has 0 heterocycles. The fraction of sp³-hybridized carbons (Fsp3) is 0.300. The van der Waals surface area contributed by atoms with E-state index in [1.807, 2.05) is 0 Å². The van der Waals surface area contributed by atoms with E-state index in [0.717, 1.165) is 5.69 Å². The number of carbonyl (C=O) groups excluding carboxylic acids is 2. The van der Waals surface area contributed by atoms with Gasteiger partial charge in [0.2, 0.25) is 5.78 Å². The van der Waals surface area contributed by atoms with Gasteiger partial charge in [0.15, 0.2) is 6.10 Å². The van der Waals surface area contributed by atoms with Crippen molar-refractivity contribution >= 4 is 29.0 Å². The lowest BCUT2D eigenvalue weighted by atomic mass is 10.1. The molecule has 0 saturated carbocycles. The molecule has 0 saturated heterocycles. The minimum atomic E-state index is -0.914. The lowest BCUT2D eigenvalue weighted by Gasteiger charge is -2.13. The molecule has 0 spiro atoms. The molecule has 0 radical (unpaired) electrons. The highest BCUT2D eigenvalue weighted by atomic mass is 35.5. The number of hydrogen-bond donors (Lipinski definition) is 2. The van der Waals surface area contributed by atoms with Gasteiger partial charge in [0.1, 0.15) is 5.75 Å². The van der Waals surface area contributed by atoms with Crippen molar-refractivity contribution in [1.82, 2.24) is 0 Å². The van der Waals surface area contributed by atoms with E-state index in [2.05, 4.69) is 5.32 Å². The second kappa shape index (κ2) is 9.94. The second-order valence-electron chi connectivity index (χ2n) is 5.91. The largest absolute Gasteiger partial charge is 0.497 e. The van der Waals surface area contributed by atoms with Gasteiger partial charge in [0.05, 0.1) is 24.7 Å². The molecule has 0 aromatic heterocycles. The third kappa shape index (κ3) is 5.98. The molecule has 2 N–H and O–H groups in total. The number of halogens is 1. The Hall–Kier alpha value is -2.57. The lowest BCUT2D eigenvalue weighted by Crippen LogP contribution is -2.24. The number of anilines is 1. The van der Waals surface area contributed by atoms with Crippen LogP contribution in [0.1, 0.15) is 27.6 Å². The number of methoxy groups -OCH3 is 1. The molecule has 2 aromatic rings. The SMILES string of the molecule is COc1ccc(C(=O)C(C)OC(=O)c2ccc(NCC(O)CCl)cc2)cc1. The Bertz CT molecular complexity index is 761. The topological polar surface area (TPSA) is 84.9 Å². The highest BCUT2D eigenvalue weighted by Crippen LogP contribution is 2.16. The summed E-state index contributed by atoms with van der Waals surface area (Å²) in [6.45, 7) is 1.84. The van der Waals surface area contributed by atoms with Gasteiger partial charge in [-0.1, -0.05) is 0 Å². The van der Waals surface area contributed by atoms with Crippen molar-refractivity contribution in [3.05, 3.63) is 59.7 Å². The van der Waals surface area contributed by atoms with E-state index >= 15 is 0 Å². The summed E-state index contributed by atoms with van der Waals surface area (Å²) in [6, 6.07) is 13.2. The van der Waals surface area contributed by atoms with Crippen LogP contribution in [0.3, 0.4) is 0 Å². The van der Waals surface area contributed by atoms with Crippen LogP contribution in [-0.4, -0.2) is 48.6 Å². The number of Topliss-reactive ketones (excluding diaryl/α,β-unsaturated/α-hetero) is 1. The van der Waals surface area contributed by atoms with Crippen LogP contribution in [0.15, 0.2) is 48.5 Å². The fourth-order valence-electron chi connectivity index (χ4n) is 2.29. The van der Waals surface area contributed by atoms with Crippen molar-refractivity contribution in [2.45, 2.75) is 19.1 Å². The van der Waals surface area contributed by atoms with Crippen LogP contribution < -0.4 is 10.1 Å². The zero-order chi connectivity index (χ0) is 19.8. The number of rotatable bonds is 9. The summed E-state index contributed by atoms with van der Waals surface area (Å²) in [6.07, 6.45) is -1.57. The number of ether oxygens (including phenoxy) is 2. The van der Waals surface area contributed by atoms with Crippen LogP contribution in [0.2, 0.25) is 0 Å². The first kappa shape index (κ1) is 20.7. The normalized spacial score (nSPS) is 12.7. The quantitative estimate of drug-likeness (QED) is 0.388. The molecule has 6 nitrogen and oxygen atoms in total. The maximum absolute atomic E-state index is 12.4. The average molecular weight is 392 g/mol. The molecule has 27 heavy (non-hydrogen) atoms. The minimum absolute atomic E-state index is 0.136. The summed E-state index contributed by atoms with van der Waals surface area (Å²) in [5.74, 6) is -0.100. The Morgan fingerprint density at radius 3 is 2.22 bits per heavy atom. The molecule has 0 aliphatic carbocycles. The molecule has 0 fully saturated rings. The summed E-state index contributed by atoms with van der Waals surface area (Å²) in [5.41, 5.74) is 1.50. The van der Waals surface area contributed by atoms with Gasteiger partial charge in [-0.3, -0.25) is 4.79 Å². The summed E-state index contributed by atoms with van der Waals surface area (Å²) in [5, 5.41) is 12.4. The average Bonchev–Trinajstić information content (AvgIpc) is 2.71. The zero-order valence-electron chi connectivity index (χ0n) is 15.1. The predicted octanol–water partition coefficient (Wildman–Crippen LogP) is 3.14. The van der Waals surface area contributed by atoms with Gasteiger partial charge in [0, 0.05) is 17.8 Å². The van der Waals surface area contributed by atoms with E-state index in [1.54, 1.807) is 55.6 Å². The smallest absolute Gasteiger partial charge is 0.338 e. The molecule has 7 heteroatoms. The first-order valence-corrected chi connectivity index (χ1v) is 8.95. The highest BCUT2D eigenvalue weighted by molar-refractivity contribution is 6.18. The van der Waals surface area contributed by atoms with Crippen LogP contribution in [-0.2, 0) is 4.74 Å². The lowest BCUT2D eigenvalue weighted by molar-refractivity contribution is 0.0319. The van der Waals surface area contributed by atoms with E-state index < -0.39 is 18.2 Å². The molecule has 0 bridgehead atoms. The summed E-state index contributed by atoms with van der Waals surface area (Å²) < 4.78 is 10.3. The number of carbonyl (C=O) groups is 2. The Balaban J connectivity index is 1.93. The number of aliphatic hydroxyl groups is 1. The molecule has 2 rings (SSSR count). The van der Waals surface area contributed by atoms with Gasteiger partial charge in [0.25, 0.3) is 0 Å². The first-order chi connectivity index (χ1) is 12.9. The number of aliphatic hydroxyl groups excluding tert-OH is 1. The van der Waals surface area contributed by atoms with Gasteiger partial charge < -0.3 is 19.9 Å². The third-order valence-electron chi connectivity index (χ3n) is 3.87. The molecule has 144 valence electrons. The van der Waals surface area contributed by atoms with Crippen LogP contribution in [0, 0.1) is 0 Å². The molecule has 2 atom stereocenters. The predicted molar refractivity (Wildman–Crippen MR) is 104 cm³/mol. The van der Waals surface area contributed by atoms with E-state index in [0.29, 0.717) is 23.4 Å². The van der Waals surface area contributed by atoms with Crippen molar-refractivity contribution in [2.75, 3.05) is 24.9 Å². The molecule has 0 amide bonds. The van der Waals surface area contributed by atoms with Gasteiger partial charge in [-0.05, 0) is 55.5 Å². The maximum Gasteiger partial charge on any atom is 0.338 e. The Kier molecular flexibility index (Phi) is 7.64. The summed E-state index contributed by atoms with van der Waals surface area (Å²) in [4.78, 5) is 24.6. The van der Waals surface area contributed by atoms with Crippen molar-refractivity contribution in [1.29, 1.82) is 0 Å². The second-order valence-corrected chi connectivity index (χ2v) is 6.22. The minimum Gasteiger partial charge on any atom is -0.497 e. The number of nitrogens with one attached hydrogen (secondary N) is 1. The van der Waals surface area contributed by atoms with E-state index in [4.69, 9.17) is 21.1 Å². The van der Waals surface area contributed by atoms with Crippen LogP contribution in [0.4, 0.5) is 5.69 Å². The number of ketones is 1. The number of alkyl halides is 1. The summed E-state index contributed by atoms with van der Waals surface area (Å²) in [7, 11) is 1.54. The Morgan fingerprint density at radius 1 is 1.07 bits per heavy atom. The number of hydrogen-bond acceptors (Lipinski definition) is 6. The molecule has 0 aliphatic heterocycles. The van der Waals surface area contributed by atoms with E-state index in [1.165, 1.54) is 6.92 Å². The Morgan fingerprint density at radius 2 is 1.67 bits per heavy atom. The van der Waals surface area contributed by atoms with E-state index in [-0.39, 0.29) is 11.7 Å². The van der Waals surface area contributed by atoms with Crippen molar-refractivity contribution in [3.63, 3.8) is 0 Å². The first-order valence-electron chi connectivity index (χ1n) is 8.41. The molecule has 0 aliphatic rings. The maximum atomic E-state index is 12.4. The van der Waals surface area contributed by atoms with Gasteiger partial charge >= 0.3 is 5.97 Å². The van der Waals surface area contributed by atoms with Crippen molar-refractivity contribution < 1.29 is 24.2 Å². The molecular formula is C20H22ClNO5. The number of benzene rings is 2.